The molecule has 1 saturated heterocycles. The predicted molar refractivity (Wildman–Crippen MR) is 50.9 cm³/mol. The first-order valence-corrected chi connectivity index (χ1v) is 5.55. The molecule has 70 valence electrons. The zero-order chi connectivity index (χ0) is 8.89. The van der Waals surface area contributed by atoms with Crippen molar-refractivity contribution in [3.05, 3.63) is 16.1 Å². The molecule has 0 amide bonds. The molecule has 1 aromatic heterocycles. The van der Waals surface area contributed by atoms with Crippen LogP contribution in [-0.2, 0) is 5.60 Å². The molecule has 0 unspecified atom stereocenters. The molecule has 13 heavy (non-hydrogen) atoms. The highest BCUT2D eigenvalue weighted by atomic mass is 32.1. The summed E-state index contributed by atoms with van der Waals surface area (Å²) in [6, 6.07) is 0. The first-order valence-electron chi connectivity index (χ1n) is 4.67. The fraction of sp³-hybridized carbons (Fsp3) is 0.667. The molecule has 1 saturated carbocycles. The number of rotatable bonds is 2. The lowest BCUT2D eigenvalue weighted by Gasteiger charge is -2.35. The van der Waals surface area contributed by atoms with E-state index in [0.29, 0.717) is 19.0 Å². The van der Waals surface area contributed by atoms with Crippen molar-refractivity contribution in [3.8, 4) is 0 Å². The molecule has 2 N–H and O–H groups in total. The van der Waals surface area contributed by atoms with Crippen molar-refractivity contribution in [2.75, 3.05) is 13.1 Å². The first-order chi connectivity index (χ1) is 6.28. The average Bonchev–Trinajstić information content (AvgIpc) is 2.80. The second-order valence-corrected chi connectivity index (χ2v) is 4.87. The molecule has 0 atom stereocenters. The van der Waals surface area contributed by atoms with Gasteiger partial charge in [-0.15, -0.1) is 11.3 Å². The van der Waals surface area contributed by atoms with Crippen LogP contribution >= 0.6 is 11.3 Å². The Balaban J connectivity index is 1.87. The molecular formula is C9H12N2OS. The van der Waals surface area contributed by atoms with Crippen LogP contribution in [0.4, 0.5) is 0 Å². The SMILES string of the molecule is OC1(c2csc(C3CC3)n2)CNC1. The highest BCUT2D eigenvalue weighted by Gasteiger charge is 2.39. The number of aliphatic hydroxyl groups is 1. The van der Waals surface area contributed by atoms with Gasteiger partial charge in [0.05, 0.1) is 10.7 Å². The van der Waals surface area contributed by atoms with Crippen molar-refractivity contribution in [2.24, 2.45) is 0 Å². The molecular weight excluding hydrogens is 184 g/mol. The number of nitrogens with one attached hydrogen (secondary N) is 1. The van der Waals surface area contributed by atoms with Crippen molar-refractivity contribution in [3.63, 3.8) is 0 Å². The van der Waals surface area contributed by atoms with Gasteiger partial charge in [0.25, 0.3) is 0 Å². The van der Waals surface area contributed by atoms with Crippen LogP contribution in [0.5, 0.6) is 0 Å². The fourth-order valence-electron chi connectivity index (χ4n) is 1.56. The van der Waals surface area contributed by atoms with Crippen LogP contribution in [0.15, 0.2) is 5.38 Å². The molecule has 1 aliphatic carbocycles. The average molecular weight is 196 g/mol. The summed E-state index contributed by atoms with van der Waals surface area (Å²) in [5.74, 6) is 0.704. The Morgan fingerprint density at radius 3 is 2.85 bits per heavy atom. The summed E-state index contributed by atoms with van der Waals surface area (Å²) < 4.78 is 0. The molecule has 1 aromatic rings. The van der Waals surface area contributed by atoms with Gasteiger partial charge in [-0.05, 0) is 12.8 Å². The van der Waals surface area contributed by atoms with Gasteiger partial charge in [-0.1, -0.05) is 0 Å². The highest BCUT2D eigenvalue weighted by Crippen LogP contribution is 2.42. The smallest absolute Gasteiger partial charge is 0.132 e. The molecule has 4 heteroatoms. The van der Waals surface area contributed by atoms with E-state index >= 15 is 0 Å². The van der Waals surface area contributed by atoms with Gasteiger partial charge < -0.3 is 10.4 Å². The molecule has 2 heterocycles. The van der Waals surface area contributed by atoms with E-state index in [2.05, 4.69) is 10.3 Å². The molecule has 2 aliphatic rings. The van der Waals surface area contributed by atoms with Gasteiger partial charge in [-0.25, -0.2) is 4.98 Å². The normalized spacial score (nSPS) is 25.6. The van der Waals surface area contributed by atoms with Gasteiger partial charge >= 0.3 is 0 Å². The van der Waals surface area contributed by atoms with Crippen LogP contribution in [0, 0.1) is 0 Å². The van der Waals surface area contributed by atoms with Gasteiger partial charge in [0.15, 0.2) is 0 Å². The lowest BCUT2D eigenvalue weighted by Crippen LogP contribution is -2.56. The minimum Gasteiger partial charge on any atom is -0.381 e. The zero-order valence-electron chi connectivity index (χ0n) is 7.29. The van der Waals surface area contributed by atoms with E-state index in [0.717, 1.165) is 5.69 Å². The minimum atomic E-state index is -0.663. The van der Waals surface area contributed by atoms with E-state index in [4.69, 9.17) is 0 Å². The topological polar surface area (TPSA) is 45.2 Å². The number of aromatic nitrogens is 1. The summed E-state index contributed by atoms with van der Waals surface area (Å²) in [6.07, 6.45) is 2.56. The first kappa shape index (κ1) is 7.91. The maximum absolute atomic E-state index is 9.98. The maximum atomic E-state index is 9.98. The van der Waals surface area contributed by atoms with E-state index in [-0.39, 0.29) is 0 Å². The zero-order valence-corrected chi connectivity index (χ0v) is 8.10. The van der Waals surface area contributed by atoms with Crippen LogP contribution in [0.3, 0.4) is 0 Å². The number of thiazole rings is 1. The van der Waals surface area contributed by atoms with Crippen LogP contribution in [0.1, 0.15) is 29.5 Å². The van der Waals surface area contributed by atoms with E-state index in [1.165, 1.54) is 17.8 Å². The lowest BCUT2D eigenvalue weighted by molar-refractivity contribution is -0.0181. The van der Waals surface area contributed by atoms with Crippen LogP contribution in [0.25, 0.3) is 0 Å². The quantitative estimate of drug-likeness (QED) is 0.736. The van der Waals surface area contributed by atoms with Gasteiger partial charge in [-0.3, -0.25) is 0 Å². The van der Waals surface area contributed by atoms with Gasteiger partial charge in [0, 0.05) is 24.4 Å². The van der Waals surface area contributed by atoms with E-state index < -0.39 is 5.60 Å². The molecule has 2 fully saturated rings. The summed E-state index contributed by atoms with van der Waals surface area (Å²) in [5.41, 5.74) is 0.210. The molecule has 0 aromatic carbocycles. The van der Waals surface area contributed by atoms with Crippen molar-refractivity contribution in [2.45, 2.75) is 24.4 Å². The molecule has 0 radical (unpaired) electrons. The summed E-state index contributed by atoms with van der Waals surface area (Å²) in [7, 11) is 0. The number of hydrogen-bond acceptors (Lipinski definition) is 4. The summed E-state index contributed by atoms with van der Waals surface area (Å²) in [5, 5.41) is 16.3. The number of hydrogen-bond donors (Lipinski definition) is 2. The standard InChI is InChI=1S/C9H12N2OS/c12-9(4-10-5-9)7-3-13-8(11-7)6-1-2-6/h3,6,10,12H,1-2,4-5H2. The number of β-amino-alcohol motifs (C(OH)–C–C–N with tert-alkyl or cyclic N) is 1. The van der Waals surface area contributed by atoms with Gasteiger partial charge in [0.1, 0.15) is 5.60 Å². The second-order valence-electron chi connectivity index (χ2n) is 3.98. The van der Waals surface area contributed by atoms with Crippen molar-refractivity contribution in [1.29, 1.82) is 0 Å². The Bertz CT molecular complexity index is 328. The molecule has 3 rings (SSSR count). The number of nitrogens with zero attached hydrogens (tertiary/aromatic N) is 1. The summed E-state index contributed by atoms with van der Waals surface area (Å²) in [4.78, 5) is 4.49. The predicted octanol–water partition coefficient (Wildman–Crippen LogP) is 0.811. The largest absolute Gasteiger partial charge is 0.381 e. The third-order valence-corrected chi connectivity index (χ3v) is 3.77. The highest BCUT2D eigenvalue weighted by molar-refractivity contribution is 7.09. The Labute approximate surface area is 80.8 Å². The second kappa shape index (κ2) is 2.53. The van der Waals surface area contributed by atoms with Crippen LogP contribution in [0.2, 0.25) is 0 Å². The Hall–Kier alpha value is -0.450. The third-order valence-electron chi connectivity index (χ3n) is 2.76. The lowest BCUT2D eigenvalue weighted by atomic mass is 9.94. The maximum Gasteiger partial charge on any atom is 0.132 e. The Morgan fingerprint density at radius 1 is 1.54 bits per heavy atom. The van der Waals surface area contributed by atoms with Gasteiger partial charge in [0.2, 0.25) is 0 Å². The molecule has 0 spiro atoms. The summed E-state index contributed by atoms with van der Waals surface area (Å²) in [6.45, 7) is 1.31. The van der Waals surface area contributed by atoms with E-state index in [1.54, 1.807) is 11.3 Å². The van der Waals surface area contributed by atoms with Crippen molar-refractivity contribution < 1.29 is 5.11 Å². The molecule has 1 aliphatic heterocycles. The van der Waals surface area contributed by atoms with Crippen LogP contribution < -0.4 is 5.32 Å². The van der Waals surface area contributed by atoms with E-state index in [1.807, 2.05) is 5.38 Å². The third kappa shape index (κ3) is 1.21. The summed E-state index contributed by atoms with van der Waals surface area (Å²) >= 11 is 1.70. The van der Waals surface area contributed by atoms with Crippen molar-refractivity contribution >= 4 is 11.3 Å². The molecule has 3 nitrogen and oxygen atoms in total. The minimum absolute atomic E-state index is 0.654. The Kier molecular flexibility index (Phi) is 1.54. The van der Waals surface area contributed by atoms with E-state index in [9.17, 15) is 5.11 Å². The van der Waals surface area contributed by atoms with Crippen LogP contribution in [-0.4, -0.2) is 23.2 Å². The fourth-order valence-corrected chi connectivity index (χ4v) is 2.65. The van der Waals surface area contributed by atoms with Gasteiger partial charge in [-0.2, -0.15) is 0 Å². The molecule has 0 bridgehead atoms. The monoisotopic (exact) mass is 196 g/mol. The Morgan fingerprint density at radius 2 is 2.31 bits per heavy atom. The van der Waals surface area contributed by atoms with Crippen molar-refractivity contribution in [1.82, 2.24) is 10.3 Å².